The molecule has 1 amide bonds. The summed E-state index contributed by atoms with van der Waals surface area (Å²) in [5.74, 6) is 1.67. The quantitative estimate of drug-likeness (QED) is 0.357. The van der Waals surface area contributed by atoms with Gasteiger partial charge in [0.2, 0.25) is 5.91 Å². The van der Waals surface area contributed by atoms with Crippen LogP contribution in [0.15, 0.2) is 84.3 Å². The second-order valence-electron chi connectivity index (χ2n) is 8.16. The number of fused-ring (bicyclic) bond motifs is 1. The van der Waals surface area contributed by atoms with Gasteiger partial charge in [-0.25, -0.2) is 0 Å². The SMILES string of the molecule is COc1cc2c(cc1OC)C(c1ccccc1)N(C(=O)CSc1nncn1-c1ccccc1)CC2. The minimum atomic E-state index is -0.208. The molecule has 1 unspecified atom stereocenters. The van der Waals surface area contributed by atoms with E-state index in [0.717, 1.165) is 28.8 Å². The molecule has 0 saturated heterocycles. The minimum absolute atomic E-state index is 0.0481. The number of aromatic nitrogens is 3. The molecule has 8 heteroatoms. The lowest BCUT2D eigenvalue weighted by Gasteiger charge is -2.38. The highest BCUT2D eigenvalue weighted by Gasteiger charge is 2.33. The van der Waals surface area contributed by atoms with Gasteiger partial charge in [0.1, 0.15) is 6.33 Å². The highest BCUT2D eigenvalue weighted by Crippen LogP contribution is 2.41. The molecule has 0 aliphatic carbocycles. The lowest BCUT2D eigenvalue weighted by atomic mass is 9.87. The molecule has 0 spiro atoms. The van der Waals surface area contributed by atoms with Crippen LogP contribution in [0.4, 0.5) is 0 Å². The van der Waals surface area contributed by atoms with Crippen molar-refractivity contribution < 1.29 is 14.3 Å². The summed E-state index contributed by atoms with van der Waals surface area (Å²) in [6, 6.07) is 23.8. The van der Waals surface area contributed by atoms with E-state index in [1.165, 1.54) is 11.8 Å². The molecule has 0 bridgehead atoms. The zero-order valence-electron chi connectivity index (χ0n) is 19.6. The first-order valence-electron chi connectivity index (χ1n) is 11.4. The number of hydrogen-bond acceptors (Lipinski definition) is 6. The largest absolute Gasteiger partial charge is 0.493 e. The predicted octanol–water partition coefficient (Wildman–Crippen LogP) is 4.55. The van der Waals surface area contributed by atoms with Crippen molar-refractivity contribution in [3.63, 3.8) is 0 Å². The Hall–Kier alpha value is -3.78. The number of rotatable bonds is 7. The fourth-order valence-corrected chi connectivity index (χ4v) is 5.32. The minimum Gasteiger partial charge on any atom is -0.493 e. The van der Waals surface area contributed by atoms with Crippen molar-refractivity contribution in [3.05, 3.63) is 95.8 Å². The van der Waals surface area contributed by atoms with Gasteiger partial charge in [0.25, 0.3) is 0 Å². The van der Waals surface area contributed by atoms with E-state index in [4.69, 9.17) is 9.47 Å². The van der Waals surface area contributed by atoms with Crippen molar-refractivity contribution in [2.24, 2.45) is 0 Å². The molecule has 4 aromatic rings. The average Bonchev–Trinajstić information content (AvgIpc) is 3.40. The monoisotopic (exact) mass is 486 g/mol. The molecule has 178 valence electrons. The van der Waals surface area contributed by atoms with E-state index in [0.29, 0.717) is 23.2 Å². The first kappa shape index (κ1) is 23.0. The van der Waals surface area contributed by atoms with Gasteiger partial charge in [-0.3, -0.25) is 9.36 Å². The summed E-state index contributed by atoms with van der Waals surface area (Å²) in [7, 11) is 3.27. The van der Waals surface area contributed by atoms with Gasteiger partial charge in [-0.15, -0.1) is 10.2 Å². The average molecular weight is 487 g/mol. The number of ether oxygens (including phenoxy) is 2. The maximum atomic E-state index is 13.6. The normalized spacial score (nSPS) is 14.9. The van der Waals surface area contributed by atoms with E-state index >= 15 is 0 Å². The van der Waals surface area contributed by atoms with Gasteiger partial charge in [-0.1, -0.05) is 60.3 Å². The summed E-state index contributed by atoms with van der Waals surface area (Å²) in [6.07, 6.45) is 2.42. The van der Waals surface area contributed by atoms with Crippen LogP contribution < -0.4 is 9.47 Å². The van der Waals surface area contributed by atoms with Crippen LogP contribution in [-0.4, -0.2) is 52.1 Å². The molecule has 1 aliphatic heterocycles. The van der Waals surface area contributed by atoms with Gasteiger partial charge in [-0.05, 0) is 47.4 Å². The van der Waals surface area contributed by atoms with Crippen LogP contribution >= 0.6 is 11.8 Å². The Bertz CT molecular complexity index is 1310. The van der Waals surface area contributed by atoms with Crippen molar-refractivity contribution in [2.75, 3.05) is 26.5 Å². The Morgan fingerprint density at radius 2 is 1.69 bits per heavy atom. The summed E-state index contributed by atoms with van der Waals surface area (Å²) < 4.78 is 13.0. The molecule has 3 aromatic carbocycles. The molecular formula is C27H26N4O3S. The Balaban J connectivity index is 1.43. The van der Waals surface area contributed by atoms with Gasteiger partial charge < -0.3 is 14.4 Å². The van der Waals surface area contributed by atoms with Crippen molar-refractivity contribution >= 4 is 17.7 Å². The summed E-state index contributed by atoms with van der Waals surface area (Å²) in [5, 5.41) is 8.98. The Labute approximate surface area is 208 Å². The standard InChI is InChI=1S/C27H26N4O3S/c1-33-23-15-20-13-14-30(26(19-9-5-3-6-10-19)22(20)16-24(23)34-2)25(32)17-35-27-29-28-18-31(27)21-11-7-4-8-12-21/h3-12,15-16,18,26H,13-14,17H2,1-2H3. The third kappa shape index (κ3) is 4.61. The number of amides is 1. The first-order valence-corrected chi connectivity index (χ1v) is 12.4. The number of methoxy groups -OCH3 is 2. The molecule has 7 nitrogen and oxygen atoms in total. The smallest absolute Gasteiger partial charge is 0.233 e. The van der Waals surface area contributed by atoms with Crippen molar-refractivity contribution in [2.45, 2.75) is 17.6 Å². The number of carbonyl (C=O) groups is 1. The third-order valence-corrected chi connectivity index (χ3v) is 7.11. The number of hydrogen-bond donors (Lipinski definition) is 0. The molecule has 5 rings (SSSR count). The molecule has 35 heavy (non-hydrogen) atoms. The molecule has 1 aromatic heterocycles. The van der Waals surface area contributed by atoms with Crippen LogP contribution in [-0.2, 0) is 11.2 Å². The van der Waals surface area contributed by atoms with E-state index in [1.807, 2.05) is 70.1 Å². The van der Waals surface area contributed by atoms with Crippen molar-refractivity contribution in [3.8, 4) is 17.2 Å². The van der Waals surface area contributed by atoms with Crippen LogP contribution in [0.3, 0.4) is 0 Å². The molecule has 0 radical (unpaired) electrons. The molecular weight excluding hydrogens is 460 g/mol. The van der Waals surface area contributed by atoms with E-state index < -0.39 is 0 Å². The molecule has 1 aliphatic rings. The molecule has 2 heterocycles. The van der Waals surface area contributed by atoms with E-state index in [2.05, 4.69) is 22.3 Å². The number of para-hydroxylation sites is 1. The number of thioether (sulfide) groups is 1. The van der Waals surface area contributed by atoms with Crippen LogP contribution in [0.1, 0.15) is 22.7 Å². The zero-order chi connectivity index (χ0) is 24.2. The second kappa shape index (κ2) is 10.2. The van der Waals surface area contributed by atoms with Gasteiger partial charge in [-0.2, -0.15) is 0 Å². The number of benzene rings is 3. The molecule has 1 atom stereocenters. The number of nitrogens with zero attached hydrogens (tertiary/aromatic N) is 4. The summed E-state index contributed by atoms with van der Waals surface area (Å²) in [5.41, 5.74) is 4.25. The topological polar surface area (TPSA) is 69.5 Å². The van der Waals surface area contributed by atoms with E-state index in [9.17, 15) is 4.79 Å². The lowest BCUT2D eigenvalue weighted by Crippen LogP contribution is -2.41. The van der Waals surface area contributed by atoms with Crippen LogP contribution in [0.5, 0.6) is 11.5 Å². The Morgan fingerprint density at radius 1 is 1.00 bits per heavy atom. The zero-order valence-corrected chi connectivity index (χ0v) is 20.4. The van der Waals surface area contributed by atoms with Crippen molar-refractivity contribution in [1.29, 1.82) is 0 Å². The van der Waals surface area contributed by atoms with Crippen LogP contribution in [0.2, 0.25) is 0 Å². The molecule has 0 N–H and O–H groups in total. The summed E-state index contributed by atoms with van der Waals surface area (Å²) in [6.45, 7) is 0.618. The van der Waals surface area contributed by atoms with Crippen LogP contribution in [0.25, 0.3) is 5.69 Å². The molecule has 0 saturated carbocycles. The molecule has 0 fully saturated rings. The van der Waals surface area contributed by atoms with Gasteiger partial charge in [0.05, 0.1) is 26.0 Å². The maximum Gasteiger partial charge on any atom is 0.233 e. The maximum absolute atomic E-state index is 13.6. The van der Waals surface area contributed by atoms with Gasteiger partial charge in [0, 0.05) is 12.2 Å². The predicted molar refractivity (Wildman–Crippen MR) is 135 cm³/mol. The van der Waals surface area contributed by atoms with E-state index in [-0.39, 0.29) is 17.7 Å². The second-order valence-corrected chi connectivity index (χ2v) is 9.11. The van der Waals surface area contributed by atoms with Crippen LogP contribution in [0, 0.1) is 0 Å². The Morgan fingerprint density at radius 3 is 2.40 bits per heavy atom. The lowest BCUT2D eigenvalue weighted by molar-refractivity contribution is -0.130. The summed E-state index contributed by atoms with van der Waals surface area (Å²) >= 11 is 1.40. The Kier molecular flexibility index (Phi) is 6.72. The summed E-state index contributed by atoms with van der Waals surface area (Å²) in [4.78, 5) is 15.6. The number of carbonyl (C=O) groups excluding carboxylic acids is 1. The highest BCUT2D eigenvalue weighted by molar-refractivity contribution is 7.99. The first-order chi connectivity index (χ1) is 17.2. The van der Waals surface area contributed by atoms with Gasteiger partial charge >= 0.3 is 0 Å². The highest BCUT2D eigenvalue weighted by atomic mass is 32.2. The van der Waals surface area contributed by atoms with Crippen molar-refractivity contribution in [1.82, 2.24) is 19.7 Å². The fourth-order valence-electron chi connectivity index (χ4n) is 4.51. The van der Waals surface area contributed by atoms with E-state index in [1.54, 1.807) is 20.5 Å². The third-order valence-electron chi connectivity index (χ3n) is 6.18. The fraction of sp³-hybridized carbons (Fsp3) is 0.222. The van der Waals surface area contributed by atoms with Gasteiger partial charge in [0.15, 0.2) is 16.7 Å².